The van der Waals surface area contributed by atoms with E-state index in [9.17, 15) is 0 Å². The normalized spacial score (nSPS) is 26.9. The maximum Gasteiger partial charge on any atom is 0.0401 e. The van der Waals surface area contributed by atoms with Gasteiger partial charge >= 0.3 is 0 Å². The van der Waals surface area contributed by atoms with Crippen LogP contribution in [0, 0.1) is 19.8 Å². The molecule has 3 unspecified atom stereocenters. The summed E-state index contributed by atoms with van der Waals surface area (Å²) >= 11 is 0. The number of rotatable bonds is 4. The Morgan fingerprint density at radius 1 is 1.25 bits per heavy atom. The van der Waals surface area contributed by atoms with E-state index in [4.69, 9.17) is 0 Å². The van der Waals surface area contributed by atoms with Crippen molar-refractivity contribution in [3.8, 4) is 0 Å². The summed E-state index contributed by atoms with van der Waals surface area (Å²) in [4.78, 5) is 2.61. The van der Waals surface area contributed by atoms with E-state index in [0.717, 1.165) is 13.1 Å². The molecule has 1 fully saturated rings. The van der Waals surface area contributed by atoms with Crippen LogP contribution in [0.3, 0.4) is 0 Å². The van der Waals surface area contributed by atoms with Crippen LogP contribution in [0.15, 0.2) is 18.2 Å². The molecule has 0 aromatic heterocycles. The quantitative estimate of drug-likeness (QED) is 0.895. The van der Waals surface area contributed by atoms with E-state index in [1.807, 2.05) is 0 Å². The lowest BCUT2D eigenvalue weighted by Crippen LogP contribution is -2.53. The summed E-state index contributed by atoms with van der Waals surface area (Å²) in [5, 5.41) is 3.72. The molecule has 1 aromatic rings. The average Bonchev–Trinajstić information content (AvgIpc) is 2.44. The molecule has 2 heteroatoms. The molecule has 3 atom stereocenters. The molecule has 0 bridgehead atoms. The average molecular weight is 274 g/mol. The Morgan fingerprint density at radius 2 is 2.00 bits per heavy atom. The van der Waals surface area contributed by atoms with E-state index >= 15 is 0 Å². The van der Waals surface area contributed by atoms with Crippen LogP contribution < -0.4 is 10.2 Å². The van der Waals surface area contributed by atoms with Gasteiger partial charge in [0, 0.05) is 24.3 Å². The molecule has 1 aliphatic heterocycles. The van der Waals surface area contributed by atoms with Gasteiger partial charge in [0.25, 0.3) is 0 Å². The Labute approximate surface area is 124 Å². The van der Waals surface area contributed by atoms with Crippen LogP contribution in [-0.2, 0) is 0 Å². The molecule has 2 nitrogen and oxygen atoms in total. The fourth-order valence-corrected chi connectivity index (χ4v) is 3.37. The number of hydrogen-bond acceptors (Lipinski definition) is 2. The second-order valence-corrected chi connectivity index (χ2v) is 6.36. The zero-order chi connectivity index (χ0) is 14.7. The minimum absolute atomic E-state index is 0.596. The molecule has 1 saturated heterocycles. The number of benzene rings is 1. The van der Waals surface area contributed by atoms with Crippen molar-refractivity contribution in [2.75, 3.05) is 18.0 Å². The SMILES string of the molecule is CCCNC1CCN(c2cccc(C)c2C)C(C)C1C. The highest BCUT2D eigenvalue weighted by atomic mass is 15.2. The smallest absolute Gasteiger partial charge is 0.0401 e. The Hall–Kier alpha value is -1.02. The van der Waals surface area contributed by atoms with Crippen LogP contribution >= 0.6 is 0 Å². The maximum absolute atomic E-state index is 3.72. The highest BCUT2D eigenvalue weighted by molar-refractivity contribution is 5.57. The lowest BCUT2D eigenvalue weighted by atomic mass is 9.86. The fourth-order valence-electron chi connectivity index (χ4n) is 3.37. The molecule has 0 radical (unpaired) electrons. The first kappa shape index (κ1) is 15.4. The Balaban J connectivity index is 2.14. The van der Waals surface area contributed by atoms with E-state index in [1.165, 1.54) is 29.7 Å². The van der Waals surface area contributed by atoms with Gasteiger partial charge in [-0.05, 0) is 63.3 Å². The molecule has 20 heavy (non-hydrogen) atoms. The Morgan fingerprint density at radius 3 is 2.70 bits per heavy atom. The summed E-state index contributed by atoms with van der Waals surface area (Å²) in [6.07, 6.45) is 2.47. The number of aryl methyl sites for hydroxylation is 1. The van der Waals surface area contributed by atoms with E-state index < -0.39 is 0 Å². The summed E-state index contributed by atoms with van der Waals surface area (Å²) in [5.41, 5.74) is 4.26. The van der Waals surface area contributed by atoms with Gasteiger partial charge in [0.1, 0.15) is 0 Å². The summed E-state index contributed by atoms with van der Waals surface area (Å²) in [6.45, 7) is 13.8. The molecule has 1 aliphatic rings. The summed E-state index contributed by atoms with van der Waals surface area (Å²) in [6, 6.07) is 7.95. The van der Waals surface area contributed by atoms with Crippen LogP contribution in [0.4, 0.5) is 5.69 Å². The maximum atomic E-state index is 3.72. The molecule has 0 amide bonds. The van der Waals surface area contributed by atoms with Crippen LogP contribution in [0.25, 0.3) is 0 Å². The van der Waals surface area contributed by atoms with Gasteiger partial charge in [0.15, 0.2) is 0 Å². The van der Waals surface area contributed by atoms with E-state index in [2.05, 4.69) is 63.0 Å². The number of nitrogens with one attached hydrogen (secondary N) is 1. The first-order valence-corrected chi connectivity index (χ1v) is 8.12. The Bertz CT molecular complexity index is 441. The van der Waals surface area contributed by atoms with Crippen LogP contribution in [0.1, 0.15) is 44.7 Å². The van der Waals surface area contributed by atoms with Gasteiger partial charge in [-0.15, -0.1) is 0 Å². The van der Waals surface area contributed by atoms with Crippen molar-refractivity contribution in [2.24, 2.45) is 5.92 Å². The standard InChI is InChI=1S/C18H30N2/c1-6-11-19-17-10-12-20(16(5)15(17)4)18-9-7-8-13(2)14(18)3/h7-9,15-17,19H,6,10-12H2,1-5H3. The van der Waals surface area contributed by atoms with Gasteiger partial charge in [-0.25, -0.2) is 0 Å². The first-order valence-electron chi connectivity index (χ1n) is 8.12. The van der Waals surface area contributed by atoms with Crippen molar-refractivity contribution in [1.82, 2.24) is 5.32 Å². The van der Waals surface area contributed by atoms with Crippen molar-refractivity contribution >= 4 is 5.69 Å². The molecular weight excluding hydrogens is 244 g/mol. The van der Waals surface area contributed by atoms with E-state index in [0.29, 0.717) is 18.0 Å². The number of piperidine rings is 1. The minimum atomic E-state index is 0.596. The summed E-state index contributed by atoms with van der Waals surface area (Å²) < 4.78 is 0. The van der Waals surface area contributed by atoms with Crippen LogP contribution in [-0.4, -0.2) is 25.2 Å². The molecule has 0 aliphatic carbocycles. The molecule has 1 heterocycles. The monoisotopic (exact) mass is 274 g/mol. The fraction of sp³-hybridized carbons (Fsp3) is 0.667. The highest BCUT2D eigenvalue weighted by Gasteiger charge is 2.32. The Kier molecular flexibility index (Phi) is 5.09. The van der Waals surface area contributed by atoms with Crippen molar-refractivity contribution in [3.63, 3.8) is 0 Å². The zero-order valence-corrected chi connectivity index (χ0v) is 13.7. The van der Waals surface area contributed by atoms with Gasteiger partial charge in [-0.1, -0.05) is 26.0 Å². The molecule has 0 spiro atoms. The zero-order valence-electron chi connectivity index (χ0n) is 13.7. The van der Waals surface area contributed by atoms with Crippen molar-refractivity contribution < 1.29 is 0 Å². The molecule has 112 valence electrons. The van der Waals surface area contributed by atoms with Crippen molar-refractivity contribution in [2.45, 2.75) is 59.5 Å². The minimum Gasteiger partial charge on any atom is -0.368 e. The molecule has 1 aromatic carbocycles. The molecular formula is C18H30N2. The van der Waals surface area contributed by atoms with Crippen molar-refractivity contribution in [3.05, 3.63) is 29.3 Å². The molecule has 1 N–H and O–H groups in total. The van der Waals surface area contributed by atoms with Crippen molar-refractivity contribution in [1.29, 1.82) is 0 Å². The third-order valence-corrected chi connectivity index (χ3v) is 5.11. The molecule has 2 rings (SSSR count). The predicted molar refractivity (Wildman–Crippen MR) is 88.6 cm³/mol. The van der Waals surface area contributed by atoms with Gasteiger partial charge < -0.3 is 10.2 Å². The van der Waals surface area contributed by atoms with Crippen LogP contribution in [0.2, 0.25) is 0 Å². The lowest BCUT2D eigenvalue weighted by molar-refractivity contribution is 0.271. The third-order valence-electron chi connectivity index (χ3n) is 5.11. The first-order chi connectivity index (χ1) is 9.56. The summed E-state index contributed by atoms with van der Waals surface area (Å²) in [5.74, 6) is 0.690. The van der Waals surface area contributed by atoms with Gasteiger partial charge in [0.05, 0.1) is 0 Å². The number of hydrogen-bond donors (Lipinski definition) is 1. The largest absolute Gasteiger partial charge is 0.368 e. The summed E-state index contributed by atoms with van der Waals surface area (Å²) in [7, 11) is 0. The lowest BCUT2D eigenvalue weighted by Gasteiger charge is -2.45. The molecule has 0 saturated carbocycles. The second-order valence-electron chi connectivity index (χ2n) is 6.36. The van der Waals surface area contributed by atoms with Gasteiger partial charge in [0.2, 0.25) is 0 Å². The topological polar surface area (TPSA) is 15.3 Å². The van der Waals surface area contributed by atoms with Gasteiger partial charge in [-0.3, -0.25) is 0 Å². The third kappa shape index (κ3) is 3.01. The van der Waals surface area contributed by atoms with E-state index in [1.54, 1.807) is 0 Å². The van der Waals surface area contributed by atoms with E-state index in [-0.39, 0.29) is 0 Å². The number of anilines is 1. The van der Waals surface area contributed by atoms with Crippen LogP contribution in [0.5, 0.6) is 0 Å². The predicted octanol–water partition coefficient (Wildman–Crippen LogP) is 3.91. The number of nitrogens with zero attached hydrogens (tertiary/aromatic N) is 1. The highest BCUT2D eigenvalue weighted by Crippen LogP contribution is 2.31. The van der Waals surface area contributed by atoms with Gasteiger partial charge in [-0.2, -0.15) is 0 Å². The second kappa shape index (κ2) is 6.62.